The number of carbonyl (C=O) groups is 1. The fourth-order valence-corrected chi connectivity index (χ4v) is 4.73. The molecule has 1 aromatic carbocycles. The van der Waals surface area contributed by atoms with Crippen molar-refractivity contribution in [2.45, 2.75) is 19.9 Å². The molecule has 3 aromatic heterocycles. The Morgan fingerprint density at radius 1 is 1.19 bits per heavy atom. The molecular formula is C26H33N9O2. The zero-order valence-corrected chi connectivity index (χ0v) is 21.7. The number of ether oxygens (including phenoxy) is 1. The molecule has 1 amide bonds. The maximum absolute atomic E-state index is 13.1. The topological polar surface area (TPSA) is 116 Å². The van der Waals surface area contributed by atoms with Crippen LogP contribution in [0.4, 0.5) is 17.3 Å². The second-order valence-electron chi connectivity index (χ2n) is 9.18. The second kappa shape index (κ2) is 10.6. The van der Waals surface area contributed by atoms with Crippen molar-refractivity contribution in [3.05, 3.63) is 42.9 Å². The van der Waals surface area contributed by atoms with Crippen LogP contribution in [0.1, 0.15) is 13.8 Å². The van der Waals surface area contributed by atoms with Gasteiger partial charge in [0.15, 0.2) is 0 Å². The van der Waals surface area contributed by atoms with E-state index in [-0.39, 0.29) is 11.9 Å². The summed E-state index contributed by atoms with van der Waals surface area (Å²) in [6.45, 7) is 8.98. The molecule has 11 nitrogen and oxygen atoms in total. The van der Waals surface area contributed by atoms with Crippen LogP contribution < -0.4 is 15.4 Å². The molecule has 0 saturated carbocycles. The number of methoxy groups -OCH3 is 1. The van der Waals surface area contributed by atoms with Crippen molar-refractivity contribution in [2.24, 2.45) is 7.05 Å². The Morgan fingerprint density at radius 3 is 2.76 bits per heavy atom. The van der Waals surface area contributed by atoms with Gasteiger partial charge < -0.3 is 25.3 Å². The van der Waals surface area contributed by atoms with Crippen LogP contribution in [-0.4, -0.2) is 86.3 Å². The fourth-order valence-electron chi connectivity index (χ4n) is 4.73. The molecule has 1 saturated heterocycles. The number of carbonyl (C=O) groups excluding carboxylic acids is 1. The van der Waals surface area contributed by atoms with Crippen LogP contribution in [0, 0.1) is 0 Å². The standard InChI is InChI=1S/C26H33N9O2/c1-5-34-11-13-35(14-12-34)17(2)24(36)29-21-8-6-7-18-19(15-28-23(18)21)20-9-10-27-26(30-20)31-22-16-33(3)32-25(22)37-4/h6-10,15-17,28H,5,11-14H2,1-4H3,(H,29,36)(H,27,30,31). The minimum absolute atomic E-state index is 0.00691. The molecule has 194 valence electrons. The lowest BCUT2D eigenvalue weighted by Crippen LogP contribution is -2.52. The Hall–Kier alpha value is -3.96. The number of H-pyrrole nitrogens is 1. The quantitative estimate of drug-likeness (QED) is 0.336. The highest BCUT2D eigenvalue weighted by molar-refractivity contribution is 6.06. The third-order valence-corrected chi connectivity index (χ3v) is 6.92. The maximum atomic E-state index is 13.1. The molecule has 3 N–H and O–H groups in total. The molecule has 11 heteroatoms. The number of fused-ring (bicyclic) bond motifs is 1. The largest absolute Gasteiger partial charge is 0.478 e. The Labute approximate surface area is 215 Å². The number of benzene rings is 1. The number of nitrogens with one attached hydrogen (secondary N) is 3. The number of hydrogen-bond donors (Lipinski definition) is 3. The first-order valence-corrected chi connectivity index (χ1v) is 12.5. The third-order valence-electron chi connectivity index (χ3n) is 6.92. The van der Waals surface area contributed by atoms with Crippen LogP contribution in [0.3, 0.4) is 0 Å². The van der Waals surface area contributed by atoms with Gasteiger partial charge in [-0.2, -0.15) is 0 Å². The summed E-state index contributed by atoms with van der Waals surface area (Å²) < 4.78 is 6.97. The van der Waals surface area contributed by atoms with Crippen LogP contribution in [-0.2, 0) is 11.8 Å². The number of aryl methyl sites for hydroxylation is 1. The van der Waals surface area contributed by atoms with Crippen LogP contribution in [0.5, 0.6) is 5.88 Å². The van der Waals surface area contributed by atoms with Crippen molar-refractivity contribution in [3.8, 4) is 17.1 Å². The number of piperazine rings is 1. The van der Waals surface area contributed by atoms with Gasteiger partial charge in [-0.25, -0.2) is 9.97 Å². The molecule has 4 aromatic rings. The summed E-state index contributed by atoms with van der Waals surface area (Å²) in [5.74, 6) is 0.887. The van der Waals surface area contributed by atoms with E-state index in [4.69, 9.17) is 9.72 Å². The fraction of sp³-hybridized carbons (Fsp3) is 0.385. The van der Waals surface area contributed by atoms with Gasteiger partial charge in [0.1, 0.15) is 5.69 Å². The lowest BCUT2D eigenvalue weighted by atomic mass is 10.1. The first-order chi connectivity index (χ1) is 18.0. The van der Waals surface area contributed by atoms with Crippen LogP contribution in [0.2, 0.25) is 0 Å². The van der Waals surface area contributed by atoms with Crippen molar-refractivity contribution in [1.29, 1.82) is 0 Å². The molecule has 0 bridgehead atoms. The molecule has 1 atom stereocenters. The Bertz CT molecular complexity index is 1390. The number of rotatable bonds is 8. The Morgan fingerprint density at radius 2 is 2.00 bits per heavy atom. The first-order valence-electron chi connectivity index (χ1n) is 12.5. The highest BCUT2D eigenvalue weighted by Gasteiger charge is 2.25. The van der Waals surface area contributed by atoms with E-state index in [1.54, 1.807) is 24.2 Å². The SMILES string of the molecule is CCN1CCN(C(C)C(=O)Nc2cccc3c(-c4ccnc(Nc5cn(C)nc5OC)n4)c[nH]c23)CC1. The zero-order valence-electron chi connectivity index (χ0n) is 21.7. The number of amides is 1. The number of aromatic nitrogens is 5. The van der Waals surface area contributed by atoms with Gasteiger partial charge in [-0.05, 0) is 25.6 Å². The monoisotopic (exact) mass is 503 g/mol. The van der Waals surface area contributed by atoms with Crippen molar-refractivity contribution in [2.75, 3.05) is 50.5 Å². The summed E-state index contributed by atoms with van der Waals surface area (Å²) in [6, 6.07) is 7.54. The van der Waals surface area contributed by atoms with Crippen LogP contribution in [0.25, 0.3) is 22.2 Å². The molecule has 4 heterocycles. The number of nitrogens with zero attached hydrogens (tertiary/aromatic N) is 6. The summed E-state index contributed by atoms with van der Waals surface area (Å²) in [5.41, 5.74) is 3.95. The lowest BCUT2D eigenvalue weighted by Gasteiger charge is -2.36. The van der Waals surface area contributed by atoms with Gasteiger partial charge in [0.2, 0.25) is 11.9 Å². The zero-order chi connectivity index (χ0) is 25.9. The third kappa shape index (κ3) is 5.13. The Balaban J connectivity index is 1.35. The molecule has 1 aliphatic rings. The van der Waals surface area contributed by atoms with Gasteiger partial charge in [0.25, 0.3) is 5.88 Å². The average molecular weight is 504 g/mol. The Kier molecular flexibility index (Phi) is 7.06. The molecule has 0 aliphatic carbocycles. The van der Waals surface area contributed by atoms with Gasteiger partial charge in [-0.1, -0.05) is 19.1 Å². The predicted octanol–water partition coefficient (Wildman–Crippen LogP) is 3.08. The lowest BCUT2D eigenvalue weighted by molar-refractivity contribution is -0.121. The van der Waals surface area contributed by atoms with Gasteiger partial charge >= 0.3 is 0 Å². The predicted molar refractivity (Wildman–Crippen MR) is 144 cm³/mol. The highest BCUT2D eigenvalue weighted by Crippen LogP contribution is 2.32. The van der Waals surface area contributed by atoms with E-state index in [1.165, 1.54) is 0 Å². The van der Waals surface area contributed by atoms with E-state index >= 15 is 0 Å². The normalized spacial score (nSPS) is 15.6. The molecule has 1 fully saturated rings. The summed E-state index contributed by atoms with van der Waals surface area (Å²) in [5, 5.41) is 11.5. The summed E-state index contributed by atoms with van der Waals surface area (Å²) in [6.07, 6.45) is 5.42. The minimum Gasteiger partial charge on any atom is -0.478 e. The van der Waals surface area contributed by atoms with E-state index in [9.17, 15) is 4.79 Å². The molecule has 37 heavy (non-hydrogen) atoms. The van der Waals surface area contributed by atoms with Crippen LogP contribution >= 0.6 is 0 Å². The summed E-state index contributed by atoms with van der Waals surface area (Å²) in [7, 11) is 3.39. The number of hydrogen-bond acceptors (Lipinski definition) is 8. The van der Waals surface area contributed by atoms with Crippen molar-refractivity contribution in [3.63, 3.8) is 0 Å². The van der Waals surface area contributed by atoms with Crippen molar-refractivity contribution >= 4 is 34.1 Å². The number of aromatic amines is 1. The number of likely N-dealkylation sites (N-methyl/N-ethyl adjacent to an activating group) is 1. The number of para-hydroxylation sites is 1. The summed E-state index contributed by atoms with van der Waals surface area (Å²) in [4.78, 5) is 30.2. The van der Waals surface area contributed by atoms with Gasteiger partial charge in [-0.15, -0.1) is 5.10 Å². The molecule has 0 radical (unpaired) electrons. The van der Waals surface area contributed by atoms with E-state index in [2.05, 4.69) is 42.4 Å². The molecular weight excluding hydrogens is 470 g/mol. The van der Waals surface area contributed by atoms with E-state index in [0.717, 1.165) is 60.6 Å². The van der Waals surface area contributed by atoms with Gasteiger partial charge in [0.05, 0.1) is 36.2 Å². The smallest absolute Gasteiger partial charge is 0.256 e. The van der Waals surface area contributed by atoms with E-state index < -0.39 is 0 Å². The minimum atomic E-state index is -0.205. The second-order valence-corrected chi connectivity index (χ2v) is 9.18. The molecule has 0 spiro atoms. The molecule has 5 rings (SSSR count). The maximum Gasteiger partial charge on any atom is 0.256 e. The summed E-state index contributed by atoms with van der Waals surface area (Å²) >= 11 is 0. The number of anilines is 3. The molecule has 1 unspecified atom stereocenters. The first kappa shape index (κ1) is 24.7. The van der Waals surface area contributed by atoms with E-state index in [0.29, 0.717) is 17.5 Å². The van der Waals surface area contributed by atoms with Gasteiger partial charge in [-0.3, -0.25) is 14.4 Å². The van der Waals surface area contributed by atoms with Gasteiger partial charge in [0, 0.05) is 56.6 Å². The molecule has 1 aliphatic heterocycles. The van der Waals surface area contributed by atoms with Crippen molar-refractivity contribution < 1.29 is 9.53 Å². The van der Waals surface area contributed by atoms with E-state index in [1.807, 2.05) is 44.4 Å². The highest BCUT2D eigenvalue weighted by atomic mass is 16.5. The van der Waals surface area contributed by atoms with Crippen molar-refractivity contribution in [1.82, 2.24) is 34.5 Å². The average Bonchev–Trinajstić information content (AvgIpc) is 3.52. The van der Waals surface area contributed by atoms with Crippen LogP contribution in [0.15, 0.2) is 42.9 Å².